The van der Waals surface area contributed by atoms with Crippen LogP contribution in [0, 0.1) is 0 Å². The van der Waals surface area contributed by atoms with Gasteiger partial charge in [-0.25, -0.2) is 9.18 Å². The van der Waals surface area contributed by atoms with E-state index in [4.69, 9.17) is 21.9 Å². The third kappa shape index (κ3) is 4.30. The minimum absolute atomic E-state index is 0.113. The van der Waals surface area contributed by atoms with Crippen LogP contribution in [0.3, 0.4) is 0 Å². The van der Waals surface area contributed by atoms with Crippen LogP contribution in [0.1, 0.15) is 29.0 Å². The maximum absolute atomic E-state index is 16.6. The number of carboxylic acid groups (broad SMARTS) is 1. The number of nitrogens with one attached hydrogen (secondary N) is 1. The quantitative estimate of drug-likeness (QED) is 0.226. The maximum atomic E-state index is 16.6. The van der Waals surface area contributed by atoms with Crippen molar-refractivity contribution in [2.45, 2.75) is 39.9 Å². The van der Waals surface area contributed by atoms with Crippen LogP contribution in [-0.4, -0.2) is 58.0 Å². The summed E-state index contributed by atoms with van der Waals surface area (Å²) in [5, 5.41) is 10.9. The Morgan fingerprint density at radius 1 is 1.05 bits per heavy atom. The SMILES string of the molecule is Nc1ccc2c3c1SC(C(=O)NC1CCN(C(=O)O)C1)C3[C@](N)(F)C(=O)C2(N)c1ccc(Oc2ccccc2)cc1. The van der Waals surface area contributed by atoms with Gasteiger partial charge in [-0.1, -0.05) is 36.4 Å². The molecule has 41 heavy (non-hydrogen) atoms. The highest BCUT2D eigenvalue weighted by Crippen LogP contribution is 2.59. The number of nitrogens with zero attached hydrogens (tertiary/aromatic N) is 1. The van der Waals surface area contributed by atoms with Gasteiger partial charge in [0.25, 0.3) is 0 Å². The first kappa shape index (κ1) is 27.1. The first-order chi connectivity index (χ1) is 19.5. The summed E-state index contributed by atoms with van der Waals surface area (Å²) in [4.78, 5) is 40.3. The molecule has 1 fully saturated rings. The number of thioether (sulfide) groups is 1. The molecule has 3 aliphatic rings. The summed E-state index contributed by atoms with van der Waals surface area (Å²) in [5.74, 6) is -4.86. The van der Waals surface area contributed by atoms with Gasteiger partial charge in [0.1, 0.15) is 22.3 Å². The highest BCUT2D eigenvalue weighted by molar-refractivity contribution is 8.01. The molecule has 2 aliphatic heterocycles. The number of carbonyl (C=O) groups is 3. The number of likely N-dealkylation sites (tertiary alicyclic amines) is 1. The third-order valence-corrected chi connectivity index (χ3v) is 9.45. The predicted octanol–water partition coefficient (Wildman–Crippen LogP) is 2.90. The van der Waals surface area contributed by atoms with Crippen LogP contribution in [0.2, 0.25) is 0 Å². The molecule has 4 unspecified atom stereocenters. The van der Waals surface area contributed by atoms with Gasteiger partial charge in [0.05, 0.1) is 5.92 Å². The molecule has 0 radical (unpaired) electrons. The van der Waals surface area contributed by atoms with Crippen molar-refractivity contribution in [1.82, 2.24) is 10.2 Å². The number of carbonyl (C=O) groups excluding carboxylic acids is 2. The molecule has 0 spiro atoms. The Kier molecular flexibility index (Phi) is 6.44. The Morgan fingerprint density at radius 2 is 1.73 bits per heavy atom. The van der Waals surface area contributed by atoms with Crippen LogP contribution in [0.4, 0.5) is 14.9 Å². The number of Topliss-reactive ketones (excluding diaryl/α,β-unsaturated/α-hetero) is 1. The first-order valence-electron chi connectivity index (χ1n) is 13.0. The smallest absolute Gasteiger partial charge is 0.407 e. The molecule has 8 N–H and O–H groups in total. The van der Waals surface area contributed by atoms with Gasteiger partial charge in [0.2, 0.25) is 17.5 Å². The van der Waals surface area contributed by atoms with Crippen LogP contribution in [0.5, 0.6) is 11.5 Å². The summed E-state index contributed by atoms with van der Waals surface area (Å²) < 4.78 is 22.5. The van der Waals surface area contributed by atoms with Crippen molar-refractivity contribution in [1.29, 1.82) is 0 Å². The van der Waals surface area contributed by atoms with Gasteiger partial charge in [-0.3, -0.25) is 15.3 Å². The van der Waals surface area contributed by atoms with Gasteiger partial charge in [-0.05, 0) is 53.4 Å². The number of nitrogen functional groups attached to an aromatic ring is 1. The normalized spacial score (nSPS) is 28.3. The minimum atomic E-state index is -3.00. The van der Waals surface area contributed by atoms with Crippen LogP contribution in [0.25, 0.3) is 0 Å². The second-order valence-electron chi connectivity index (χ2n) is 10.5. The Balaban J connectivity index is 1.35. The van der Waals surface area contributed by atoms with Gasteiger partial charge >= 0.3 is 6.09 Å². The molecular formula is C29H28FN5O5S. The number of ketones is 1. The average molecular weight is 578 g/mol. The van der Waals surface area contributed by atoms with Gasteiger partial charge < -0.3 is 31.5 Å². The predicted molar refractivity (Wildman–Crippen MR) is 150 cm³/mol. The lowest BCUT2D eigenvalue weighted by Gasteiger charge is -2.44. The van der Waals surface area contributed by atoms with Crippen LogP contribution < -0.4 is 27.3 Å². The number of nitrogens with two attached hydrogens (primary N) is 3. The Labute approximate surface area is 239 Å². The second-order valence-corrected chi connectivity index (χ2v) is 11.7. The number of benzene rings is 3. The number of hydrogen-bond donors (Lipinski definition) is 5. The number of amides is 2. The molecule has 1 saturated heterocycles. The topological polar surface area (TPSA) is 174 Å². The summed E-state index contributed by atoms with van der Waals surface area (Å²) in [6, 6.07) is 18.3. The lowest BCUT2D eigenvalue weighted by molar-refractivity contribution is -0.138. The molecule has 212 valence electrons. The Hall–Kier alpha value is -4.13. The molecule has 6 rings (SSSR count). The van der Waals surface area contributed by atoms with E-state index in [0.717, 1.165) is 11.8 Å². The first-order valence-corrected chi connectivity index (χ1v) is 13.9. The van der Waals surface area contributed by atoms with Crippen molar-refractivity contribution < 1.29 is 28.6 Å². The summed E-state index contributed by atoms with van der Waals surface area (Å²) in [5.41, 5.74) is 18.6. The summed E-state index contributed by atoms with van der Waals surface area (Å²) in [7, 11) is 0. The van der Waals surface area contributed by atoms with Crippen LogP contribution in [-0.2, 0) is 15.1 Å². The van der Waals surface area contributed by atoms with E-state index in [1.807, 2.05) is 18.2 Å². The molecule has 0 saturated carbocycles. The van der Waals surface area contributed by atoms with Crippen molar-refractivity contribution >= 4 is 35.2 Å². The van der Waals surface area contributed by atoms with E-state index in [1.54, 1.807) is 48.5 Å². The van der Waals surface area contributed by atoms with Crippen LogP contribution >= 0.6 is 11.8 Å². The number of halogens is 1. The maximum Gasteiger partial charge on any atom is 0.407 e. The summed E-state index contributed by atoms with van der Waals surface area (Å²) in [6.07, 6.45) is -0.665. The minimum Gasteiger partial charge on any atom is -0.465 e. The fraction of sp³-hybridized carbons (Fsp3) is 0.276. The second kappa shape index (κ2) is 9.75. The molecule has 10 nitrogen and oxygen atoms in total. The molecule has 12 heteroatoms. The number of para-hydroxylation sites is 1. The lowest BCUT2D eigenvalue weighted by Crippen LogP contribution is -2.66. The van der Waals surface area contributed by atoms with Crippen molar-refractivity contribution in [3.05, 3.63) is 83.4 Å². The summed E-state index contributed by atoms with van der Waals surface area (Å²) >= 11 is 1.04. The fourth-order valence-electron chi connectivity index (χ4n) is 5.98. The zero-order valence-corrected chi connectivity index (χ0v) is 22.6. The summed E-state index contributed by atoms with van der Waals surface area (Å²) in [6.45, 7) is 0.383. The van der Waals surface area contributed by atoms with E-state index in [2.05, 4.69) is 5.32 Å². The number of rotatable bonds is 5. The zero-order valence-electron chi connectivity index (χ0n) is 21.7. The van der Waals surface area contributed by atoms with E-state index in [9.17, 15) is 19.5 Å². The van der Waals surface area contributed by atoms with Crippen molar-refractivity contribution in [2.24, 2.45) is 11.5 Å². The van der Waals surface area contributed by atoms with Gasteiger partial charge in [-0.15, -0.1) is 11.8 Å². The monoisotopic (exact) mass is 577 g/mol. The lowest BCUT2D eigenvalue weighted by atomic mass is 9.64. The molecule has 0 bridgehead atoms. The van der Waals surface area contributed by atoms with Crippen LogP contribution in [0.15, 0.2) is 71.6 Å². The highest BCUT2D eigenvalue weighted by atomic mass is 32.2. The van der Waals surface area contributed by atoms with E-state index < -0.39 is 46.3 Å². The number of hydrogen-bond acceptors (Lipinski definition) is 8. The molecule has 2 amide bonds. The van der Waals surface area contributed by atoms with E-state index in [-0.39, 0.29) is 13.1 Å². The van der Waals surface area contributed by atoms with Crippen molar-refractivity contribution in [3.63, 3.8) is 0 Å². The highest BCUT2D eigenvalue weighted by Gasteiger charge is 2.64. The average Bonchev–Trinajstić information content (AvgIpc) is 3.59. The molecular weight excluding hydrogens is 549 g/mol. The standard InChI is InChI=1S/C29H28FN5O5S/c30-29(33)22-21-19(28(32,26(29)37)15-6-8-18(9-7-15)40-17-4-2-1-3-5-17)10-11-20(31)23(21)41-24(22)25(36)34-16-12-13-35(14-16)27(38)39/h1-11,16,22,24H,12-14,31-33H2,(H,34,36)(H,38,39)/t16?,22?,24?,28?,29-/m1/s1. The molecule has 0 aromatic heterocycles. The van der Waals surface area contributed by atoms with E-state index in [1.165, 1.54) is 4.90 Å². The molecule has 5 atom stereocenters. The van der Waals surface area contributed by atoms with Gasteiger partial charge in [-0.2, -0.15) is 0 Å². The van der Waals surface area contributed by atoms with Gasteiger partial charge in [0.15, 0.2) is 0 Å². The van der Waals surface area contributed by atoms with Crippen molar-refractivity contribution in [3.8, 4) is 11.5 Å². The largest absolute Gasteiger partial charge is 0.465 e. The molecule has 1 aliphatic carbocycles. The molecule has 3 aromatic rings. The fourth-order valence-corrected chi connectivity index (χ4v) is 7.45. The van der Waals surface area contributed by atoms with E-state index >= 15 is 4.39 Å². The third-order valence-electron chi connectivity index (χ3n) is 8.02. The number of alkyl halides is 1. The van der Waals surface area contributed by atoms with Gasteiger partial charge in [0, 0.05) is 29.7 Å². The zero-order chi connectivity index (χ0) is 29.1. The Bertz CT molecular complexity index is 1550. The Morgan fingerprint density at radius 3 is 2.39 bits per heavy atom. The number of anilines is 1. The molecule has 3 aromatic carbocycles. The van der Waals surface area contributed by atoms with Crippen molar-refractivity contribution in [2.75, 3.05) is 18.8 Å². The van der Waals surface area contributed by atoms with E-state index in [0.29, 0.717) is 45.2 Å². The molecule has 2 heterocycles. The number of ether oxygens (including phenoxy) is 1.